The summed E-state index contributed by atoms with van der Waals surface area (Å²) < 4.78 is 0. The third-order valence-corrected chi connectivity index (χ3v) is 3.16. The Hall–Kier alpha value is -2.33. The van der Waals surface area contributed by atoms with Crippen molar-refractivity contribution in [3.8, 4) is 0 Å². The van der Waals surface area contributed by atoms with Gasteiger partial charge in [0.25, 0.3) is 5.91 Å². The number of hydrogen-bond acceptors (Lipinski definition) is 3. The van der Waals surface area contributed by atoms with E-state index in [9.17, 15) is 4.79 Å². The van der Waals surface area contributed by atoms with Crippen LogP contribution in [0.3, 0.4) is 0 Å². The van der Waals surface area contributed by atoms with Crippen LogP contribution in [0, 0.1) is 6.92 Å². The van der Waals surface area contributed by atoms with Crippen LogP contribution in [0.15, 0.2) is 42.5 Å². The van der Waals surface area contributed by atoms with Gasteiger partial charge in [0.15, 0.2) is 0 Å². The standard InChI is InChI=1S/C16H18N2O2/c1-11-2-7-14(17)8-15(11)16(20)18-9-12-3-5-13(10-19)6-4-12/h2-8,19H,9-10,17H2,1H3,(H,18,20). The highest BCUT2D eigenvalue weighted by molar-refractivity contribution is 5.96. The van der Waals surface area contributed by atoms with Gasteiger partial charge in [-0.15, -0.1) is 0 Å². The zero-order chi connectivity index (χ0) is 14.5. The molecule has 2 aromatic carbocycles. The molecule has 104 valence electrons. The summed E-state index contributed by atoms with van der Waals surface area (Å²) in [5.74, 6) is -0.138. The van der Waals surface area contributed by atoms with Crippen molar-refractivity contribution >= 4 is 11.6 Å². The SMILES string of the molecule is Cc1ccc(N)cc1C(=O)NCc1ccc(CO)cc1. The first kappa shape index (κ1) is 14.1. The lowest BCUT2D eigenvalue weighted by atomic mass is 10.1. The molecule has 0 unspecified atom stereocenters. The number of anilines is 1. The number of carbonyl (C=O) groups is 1. The van der Waals surface area contributed by atoms with E-state index < -0.39 is 0 Å². The first-order valence-electron chi connectivity index (χ1n) is 6.43. The third kappa shape index (κ3) is 3.36. The van der Waals surface area contributed by atoms with Crippen LogP contribution in [0.25, 0.3) is 0 Å². The van der Waals surface area contributed by atoms with E-state index in [1.807, 2.05) is 37.3 Å². The molecule has 0 bridgehead atoms. The lowest BCUT2D eigenvalue weighted by Gasteiger charge is -2.09. The zero-order valence-electron chi connectivity index (χ0n) is 11.4. The zero-order valence-corrected chi connectivity index (χ0v) is 11.4. The minimum Gasteiger partial charge on any atom is -0.399 e. The molecular weight excluding hydrogens is 252 g/mol. The van der Waals surface area contributed by atoms with Gasteiger partial charge in [0.2, 0.25) is 0 Å². The number of nitrogens with one attached hydrogen (secondary N) is 1. The molecule has 4 heteroatoms. The summed E-state index contributed by atoms with van der Waals surface area (Å²) in [7, 11) is 0. The fourth-order valence-electron chi connectivity index (χ4n) is 1.92. The Labute approximate surface area is 118 Å². The second-order valence-electron chi connectivity index (χ2n) is 4.73. The second kappa shape index (κ2) is 6.21. The van der Waals surface area contributed by atoms with Crippen LogP contribution in [0.4, 0.5) is 5.69 Å². The predicted molar refractivity (Wildman–Crippen MR) is 79.1 cm³/mol. The summed E-state index contributed by atoms with van der Waals surface area (Å²) in [6.45, 7) is 2.35. The number of aliphatic hydroxyl groups is 1. The summed E-state index contributed by atoms with van der Waals surface area (Å²) in [5, 5.41) is 11.8. The highest BCUT2D eigenvalue weighted by atomic mass is 16.3. The van der Waals surface area contributed by atoms with Crippen LogP contribution in [-0.2, 0) is 13.2 Å². The molecule has 0 saturated carbocycles. The van der Waals surface area contributed by atoms with Crippen molar-refractivity contribution in [2.24, 2.45) is 0 Å². The molecule has 4 nitrogen and oxygen atoms in total. The number of benzene rings is 2. The molecule has 0 radical (unpaired) electrons. The smallest absolute Gasteiger partial charge is 0.251 e. The fourth-order valence-corrected chi connectivity index (χ4v) is 1.92. The average molecular weight is 270 g/mol. The van der Waals surface area contributed by atoms with Crippen LogP contribution in [0.1, 0.15) is 27.0 Å². The number of hydrogen-bond donors (Lipinski definition) is 3. The Bertz CT molecular complexity index is 606. The van der Waals surface area contributed by atoms with E-state index in [2.05, 4.69) is 5.32 Å². The quantitative estimate of drug-likeness (QED) is 0.744. The minimum atomic E-state index is -0.138. The molecule has 4 N–H and O–H groups in total. The number of aryl methyl sites for hydroxylation is 1. The molecule has 0 aliphatic rings. The molecule has 0 heterocycles. The summed E-state index contributed by atoms with van der Waals surface area (Å²) in [5.41, 5.74) is 9.60. The average Bonchev–Trinajstić information content (AvgIpc) is 2.47. The van der Waals surface area contributed by atoms with E-state index in [1.165, 1.54) is 0 Å². The van der Waals surface area contributed by atoms with Gasteiger partial charge in [-0.05, 0) is 35.7 Å². The van der Waals surface area contributed by atoms with Crippen LogP contribution < -0.4 is 11.1 Å². The van der Waals surface area contributed by atoms with Crippen molar-refractivity contribution in [2.75, 3.05) is 5.73 Å². The third-order valence-electron chi connectivity index (χ3n) is 3.16. The van der Waals surface area contributed by atoms with E-state index in [0.717, 1.165) is 16.7 Å². The van der Waals surface area contributed by atoms with Crippen LogP contribution in [0.5, 0.6) is 0 Å². The van der Waals surface area contributed by atoms with E-state index >= 15 is 0 Å². The highest BCUT2D eigenvalue weighted by Gasteiger charge is 2.08. The van der Waals surface area contributed by atoms with E-state index in [1.54, 1.807) is 12.1 Å². The van der Waals surface area contributed by atoms with Crippen LogP contribution in [0.2, 0.25) is 0 Å². The van der Waals surface area contributed by atoms with Gasteiger partial charge >= 0.3 is 0 Å². The number of carbonyl (C=O) groups excluding carboxylic acids is 1. The van der Waals surface area contributed by atoms with Gasteiger partial charge in [-0.3, -0.25) is 4.79 Å². The lowest BCUT2D eigenvalue weighted by Crippen LogP contribution is -2.23. The maximum Gasteiger partial charge on any atom is 0.251 e. The van der Waals surface area contributed by atoms with Gasteiger partial charge in [0, 0.05) is 17.8 Å². The number of rotatable bonds is 4. The molecule has 0 fully saturated rings. The number of aliphatic hydroxyl groups excluding tert-OH is 1. The molecule has 20 heavy (non-hydrogen) atoms. The normalized spacial score (nSPS) is 10.3. The Balaban J connectivity index is 2.02. The monoisotopic (exact) mass is 270 g/mol. The Morgan fingerprint density at radius 1 is 1.15 bits per heavy atom. The fraction of sp³-hybridized carbons (Fsp3) is 0.188. The summed E-state index contributed by atoms with van der Waals surface area (Å²) in [4.78, 5) is 12.1. The van der Waals surface area contributed by atoms with Crippen molar-refractivity contribution in [3.63, 3.8) is 0 Å². The molecule has 1 amide bonds. The Kier molecular flexibility index (Phi) is 4.38. The van der Waals surface area contributed by atoms with Gasteiger partial charge in [-0.1, -0.05) is 30.3 Å². The van der Waals surface area contributed by atoms with Gasteiger partial charge in [0.1, 0.15) is 0 Å². The second-order valence-corrected chi connectivity index (χ2v) is 4.73. The summed E-state index contributed by atoms with van der Waals surface area (Å²) >= 11 is 0. The van der Waals surface area contributed by atoms with Crippen LogP contribution in [-0.4, -0.2) is 11.0 Å². The number of amides is 1. The molecule has 0 atom stereocenters. The molecule has 0 spiro atoms. The Morgan fingerprint density at radius 2 is 1.80 bits per heavy atom. The predicted octanol–water partition coefficient (Wildman–Crippen LogP) is 2.00. The van der Waals surface area contributed by atoms with Crippen molar-refractivity contribution in [3.05, 3.63) is 64.7 Å². The maximum absolute atomic E-state index is 12.1. The minimum absolute atomic E-state index is 0.0229. The largest absolute Gasteiger partial charge is 0.399 e. The molecule has 0 saturated heterocycles. The molecule has 2 aromatic rings. The van der Waals surface area contributed by atoms with Crippen molar-refractivity contribution < 1.29 is 9.90 Å². The van der Waals surface area contributed by atoms with Gasteiger partial charge in [-0.2, -0.15) is 0 Å². The molecule has 2 rings (SSSR count). The van der Waals surface area contributed by atoms with Gasteiger partial charge < -0.3 is 16.2 Å². The van der Waals surface area contributed by atoms with Crippen molar-refractivity contribution in [2.45, 2.75) is 20.1 Å². The molecular formula is C16H18N2O2. The first-order valence-corrected chi connectivity index (χ1v) is 6.43. The van der Waals surface area contributed by atoms with Gasteiger partial charge in [-0.25, -0.2) is 0 Å². The van der Waals surface area contributed by atoms with Crippen molar-refractivity contribution in [1.82, 2.24) is 5.32 Å². The molecule has 0 aliphatic carbocycles. The van der Waals surface area contributed by atoms with E-state index in [-0.39, 0.29) is 12.5 Å². The summed E-state index contributed by atoms with van der Waals surface area (Å²) in [6, 6.07) is 12.7. The molecule has 0 aromatic heterocycles. The van der Waals surface area contributed by atoms with E-state index in [0.29, 0.717) is 17.8 Å². The number of nitrogens with two attached hydrogens (primary N) is 1. The van der Waals surface area contributed by atoms with Gasteiger partial charge in [0.05, 0.1) is 6.61 Å². The highest BCUT2D eigenvalue weighted by Crippen LogP contribution is 2.13. The van der Waals surface area contributed by atoms with E-state index in [4.69, 9.17) is 10.8 Å². The topological polar surface area (TPSA) is 75.4 Å². The lowest BCUT2D eigenvalue weighted by molar-refractivity contribution is 0.0950. The number of nitrogen functional groups attached to an aromatic ring is 1. The van der Waals surface area contributed by atoms with Crippen molar-refractivity contribution in [1.29, 1.82) is 0 Å². The van der Waals surface area contributed by atoms with Crippen LogP contribution >= 0.6 is 0 Å². The molecule has 0 aliphatic heterocycles. The summed E-state index contributed by atoms with van der Waals surface area (Å²) in [6.07, 6.45) is 0. The Morgan fingerprint density at radius 3 is 2.45 bits per heavy atom. The first-order chi connectivity index (χ1) is 9.60. The maximum atomic E-state index is 12.1.